The minimum Gasteiger partial charge on any atom is -0.506 e. The molecule has 3 aromatic rings. The molecule has 30 heavy (non-hydrogen) atoms. The van der Waals surface area contributed by atoms with E-state index in [0.29, 0.717) is 17.1 Å². The molecule has 2 bridgehead atoms. The first-order valence-corrected chi connectivity index (χ1v) is 8.68. The fourth-order valence-corrected chi connectivity index (χ4v) is 3.58. The van der Waals surface area contributed by atoms with E-state index in [2.05, 4.69) is 0 Å². The number of benzene rings is 3. The van der Waals surface area contributed by atoms with Gasteiger partial charge in [-0.1, -0.05) is 0 Å². The summed E-state index contributed by atoms with van der Waals surface area (Å²) >= 11 is 0. The Kier molecular flexibility index (Phi) is 4.50. The zero-order valence-corrected chi connectivity index (χ0v) is 15.9. The van der Waals surface area contributed by atoms with E-state index in [-0.39, 0.29) is 34.6 Å². The lowest BCUT2D eigenvalue weighted by Gasteiger charge is -2.22. The summed E-state index contributed by atoms with van der Waals surface area (Å²) < 4.78 is 21.3. The van der Waals surface area contributed by atoms with Gasteiger partial charge in [0, 0.05) is 22.6 Å². The molecule has 0 unspecified atom stereocenters. The van der Waals surface area contributed by atoms with Crippen LogP contribution in [0.1, 0.15) is 20.7 Å². The maximum absolute atomic E-state index is 12.2. The lowest BCUT2D eigenvalue weighted by atomic mass is 9.87. The second kappa shape index (κ2) is 7.03. The Bertz CT molecular complexity index is 1210. The largest absolute Gasteiger partial charge is 0.506 e. The Hall–Kier alpha value is -4.14. The Morgan fingerprint density at radius 1 is 0.900 bits per heavy atom. The van der Waals surface area contributed by atoms with E-state index in [4.69, 9.17) is 18.9 Å². The Labute approximate surface area is 169 Å². The Morgan fingerprint density at radius 2 is 1.53 bits per heavy atom. The highest BCUT2D eigenvalue weighted by molar-refractivity contribution is 6.18. The number of carboxylic acids is 2. The van der Waals surface area contributed by atoms with Crippen molar-refractivity contribution in [1.29, 1.82) is 0 Å². The summed E-state index contributed by atoms with van der Waals surface area (Å²) in [5.74, 6) is -2.42. The third kappa shape index (κ3) is 2.79. The van der Waals surface area contributed by atoms with Gasteiger partial charge in [0.25, 0.3) is 0 Å². The molecule has 0 radical (unpaired) electrons. The summed E-state index contributed by atoms with van der Waals surface area (Å²) in [5.41, 5.74) is -0.907. The molecule has 1 aliphatic rings. The average Bonchev–Trinajstić information content (AvgIpc) is 2.73. The normalized spacial score (nSPS) is 12.1. The Balaban J connectivity index is 2.24. The molecule has 0 amide bonds. The van der Waals surface area contributed by atoms with Gasteiger partial charge in [0.1, 0.15) is 22.8 Å². The second-order valence-electron chi connectivity index (χ2n) is 6.40. The maximum atomic E-state index is 12.2. The minimum atomic E-state index is -1.59. The van der Waals surface area contributed by atoms with Crippen LogP contribution in [0, 0.1) is 0 Å². The molecule has 9 nitrogen and oxygen atoms in total. The first kappa shape index (κ1) is 19.2. The van der Waals surface area contributed by atoms with Crippen molar-refractivity contribution in [1.82, 2.24) is 0 Å². The van der Waals surface area contributed by atoms with Crippen molar-refractivity contribution in [2.75, 3.05) is 21.0 Å². The number of methoxy groups -OCH3 is 2. The predicted octanol–water partition coefficient (Wildman–Crippen LogP) is 3.35. The summed E-state index contributed by atoms with van der Waals surface area (Å²) in [6.45, 7) is -0.0731. The van der Waals surface area contributed by atoms with Gasteiger partial charge < -0.3 is 34.3 Å². The smallest absolute Gasteiger partial charge is 0.340 e. The van der Waals surface area contributed by atoms with Crippen molar-refractivity contribution >= 4 is 22.7 Å². The first-order valence-electron chi connectivity index (χ1n) is 8.68. The molecule has 0 saturated carbocycles. The molecule has 4 rings (SSSR count). The third-order valence-corrected chi connectivity index (χ3v) is 4.88. The van der Waals surface area contributed by atoms with Gasteiger partial charge in [-0.3, -0.25) is 0 Å². The van der Waals surface area contributed by atoms with Crippen molar-refractivity contribution in [3.8, 4) is 39.9 Å². The van der Waals surface area contributed by atoms with Crippen LogP contribution < -0.4 is 18.9 Å². The monoisotopic (exact) mass is 412 g/mol. The SMILES string of the molecule is COc1cc2c(O)c(C(=O)O)c(C(=O)O)c(-c3ccc4cc3OCO4)c2cc1OC. The van der Waals surface area contributed by atoms with E-state index in [1.54, 1.807) is 18.2 Å². The van der Waals surface area contributed by atoms with Crippen molar-refractivity contribution in [3.63, 3.8) is 0 Å². The fraction of sp³-hybridized carbons (Fsp3) is 0.143. The van der Waals surface area contributed by atoms with Gasteiger partial charge in [0.2, 0.25) is 6.79 Å². The molecule has 1 aliphatic heterocycles. The molecule has 3 aromatic carbocycles. The lowest BCUT2D eigenvalue weighted by molar-refractivity contribution is 0.0649. The standard InChI is InChI=1S/C21H16O9/c1-27-14-6-11-12(7-15(14)28-2)19(22)18(21(25)26)17(20(23)24)16(11)10-4-3-9-5-13(10)30-8-29-9/h3-7,22H,8H2,1-2H3,(H,23,24)(H,25,26). The number of phenols is 1. The topological polar surface area (TPSA) is 132 Å². The molecular weight excluding hydrogens is 396 g/mol. The van der Waals surface area contributed by atoms with E-state index >= 15 is 0 Å². The molecule has 0 saturated heterocycles. The highest BCUT2D eigenvalue weighted by atomic mass is 16.7. The molecular formula is C21H16O9. The minimum absolute atomic E-state index is 0.0668. The van der Waals surface area contributed by atoms with Gasteiger partial charge in [-0.05, 0) is 29.7 Å². The van der Waals surface area contributed by atoms with E-state index in [1.807, 2.05) is 0 Å². The zero-order chi connectivity index (χ0) is 21.6. The number of hydrogen-bond donors (Lipinski definition) is 3. The van der Waals surface area contributed by atoms with Crippen LogP contribution in [-0.4, -0.2) is 48.3 Å². The quantitative estimate of drug-likeness (QED) is 0.577. The fourth-order valence-electron chi connectivity index (χ4n) is 3.58. The van der Waals surface area contributed by atoms with Gasteiger partial charge in [-0.2, -0.15) is 0 Å². The highest BCUT2D eigenvalue weighted by Crippen LogP contribution is 2.48. The van der Waals surface area contributed by atoms with E-state index in [0.717, 1.165) is 0 Å². The first-order chi connectivity index (χ1) is 14.4. The number of carbonyl (C=O) groups is 2. The van der Waals surface area contributed by atoms with Crippen molar-refractivity contribution in [3.05, 3.63) is 41.5 Å². The number of hydrogen-bond acceptors (Lipinski definition) is 7. The summed E-state index contributed by atoms with van der Waals surface area (Å²) in [6, 6.07) is 7.65. The van der Waals surface area contributed by atoms with Gasteiger partial charge in [0.05, 0.1) is 19.8 Å². The third-order valence-electron chi connectivity index (χ3n) is 4.88. The molecule has 1 heterocycles. The molecule has 0 atom stereocenters. The van der Waals surface area contributed by atoms with E-state index in [9.17, 15) is 24.9 Å². The highest BCUT2D eigenvalue weighted by Gasteiger charge is 2.31. The summed E-state index contributed by atoms with van der Waals surface area (Å²) in [4.78, 5) is 24.1. The predicted molar refractivity (Wildman–Crippen MR) is 104 cm³/mol. The number of aromatic carboxylic acids is 2. The van der Waals surface area contributed by atoms with Crippen LogP contribution in [-0.2, 0) is 0 Å². The summed E-state index contributed by atoms with van der Waals surface area (Å²) in [6.07, 6.45) is 0. The van der Waals surface area contributed by atoms with Crippen LogP contribution in [0.4, 0.5) is 0 Å². The maximum Gasteiger partial charge on any atom is 0.340 e. The van der Waals surface area contributed by atoms with Crippen LogP contribution in [0.25, 0.3) is 21.9 Å². The lowest BCUT2D eigenvalue weighted by Crippen LogP contribution is -2.14. The molecule has 0 aromatic heterocycles. The zero-order valence-electron chi connectivity index (χ0n) is 15.9. The van der Waals surface area contributed by atoms with Crippen molar-refractivity contribution in [2.45, 2.75) is 0 Å². The van der Waals surface area contributed by atoms with Crippen molar-refractivity contribution < 1.29 is 43.9 Å². The second-order valence-corrected chi connectivity index (χ2v) is 6.40. The van der Waals surface area contributed by atoms with Gasteiger partial charge in [0.15, 0.2) is 11.5 Å². The molecule has 3 N–H and O–H groups in total. The van der Waals surface area contributed by atoms with Crippen LogP contribution >= 0.6 is 0 Å². The van der Waals surface area contributed by atoms with Gasteiger partial charge >= 0.3 is 11.9 Å². The number of aromatic hydroxyl groups is 1. The van der Waals surface area contributed by atoms with Crippen molar-refractivity contribution in [2.24, 2.45) is 0 Å². The van der Waals surface area contributed by atoms with E-state index in [1.165, 1.54) is 26.4 Å². The summed E-state index contributed by atoms with van der Waals surface area (Å²) in [7, 11) is 2.80. The molecule has 0 spiro atoms. The molecule has 9 heteroatoms. The molecule has 154 valence electrons. The Morgan fingerprint density at radius 3 is 2.13 bits per heavy atom. The molecule has 0 aliphatic carbocycles. The number of fused-ring (bicyclic) bond motifs is 3. The average molecular weight is 412 g/mol. The van der Waals surface area contributed by atoms with Gasteiger partial charge in [-0.15, -0.1) is 0 Å². The molecule has 0 fully saturated rings. The van der Waals surface area contributed by atoms with Crippen LogP contribution in [0.3, 0.4) is 0 Å². The number of rotatable bonds is 5. The van der Waals surface area contributed by atoms with Gasteiger partial charge in [-0.25, -0.2) is 9.59 Å². The van der Waals surface area contributed by atoms with Crippen LogP contribution in [0.15, 0.2) is 30.3 Å². The number of carboxylic acid groups (broad SMARTS) is 2. The number of ether oxygens (including phenoxy) is 4. The van der Waals surface area contributed by atoms with E-state index < -0.39 is 28.8 Å². The van der Waals surface area contributed by atoms with Crippen LogP contribution in [0.5, 0.6) is 28.7 Å². The van der Waals surface area contributed by atoms with Crippen LogP contribution in [0.2, 0.25) is 0 Å². The summed E-state index contributed by atoms with van der Waals surface area (Å²) in [5, 5.41) is 30.7.